The van der Waals surface area contributed by atoms with Gasteiger partial charge in [-0.15, -0.1) is 0 Å². The summed E-state index contributed by atoms with van der Waals surface area (Å²) in [6.45, 7) is 14.3. The number of hydrogen-bond donors (Lipinski definition) is 2. The molecule has 0 amide bonds. The Hall–Kier alpha value is -3.81. The fourth-order valence-electron chi connectivity index (χ4n) is 7.73. The number of likely N-dealkylation sites (N-methyl/N-ethyl adjacent to an activating group) is 1. The van der Waals surface area contributed by atoms with E-state index in [4.69, 9.17) is 10.2 Å². The molecule has 3 aromatic carbocycles. The highest BCUT2D eigenvalue weighted by molar-refractivity contribution is 5.73. The Morgan fingerprint density at radius 3 is 2.18 bits per heavy atom. The van der Waals surface area contributed by atoms with Crippen LogP contribution in [0.25, 0.3) is 11.1 Å². The predicted molar refractivity (Wildman–Crippen MR) is 204 cm³/mol. The minimum atomic E-state index is -0.785. The molecule has 1 aromatic heterocycles. The predicted octanol–water partition coefficient (Wildman–Crippen LogP) is 9.40. The van der Waals surface area contributed by atoms with E-state index in [-0.39, 0.29) is 11.7 Å². The van der Waals surface area contributed by atoms with Crippen LogP contribution in [0.3, 0.4) is 0 Å². The number of benzene rings is 3. The van der Waals surface area contributed by atoms with Gasteiger partial charge in [0, 0.05) is 31.1 Å². The summed E-state index contributed by atoms with van der Waals surface area (Å²) in [5.74, 6) is 0.981. The standard InChI is InChI=1S/C35H40FN3.C6H13NO2.C2H6/c1-2-39-35(24-33(37-39)22-26-14-16-28(17-15-26)27-8-4-3-5-9-27)29-18-20-38(21-19-29)25-31-11-7-13-34(31)30-10-6-12-32(36)23-30;1-4(2)5(7-3)6(8)9;1-2/h3-6,8-10,12,14-17,23-24,29,31,34H,2,7,11,13,18-22,25H2,1H3;4-5,7H,1-3H3,(H,8,9);1-2H3/t31?,34-;;/m1../s1. The van der Waals surface area contributed by atoms with E-state index in [0.717, 1.165) is 32.6 Å². The highest BCUT2D eigenvalue weighted by Crippen LogP contribution is 2.41. The maximum Gasteiger partial charge on any atom is 0.320 e. The summed E-state index contributed by atoms with van der Waals surface area (Å²) in [4.78, 5) is 13.0. The summed E-state index contributed by atoms with van der Waals surface area (Å²) < 4.78 is 16.1. The van der Waals surface area contributed by atoms with Gasteiger partial charge in [0.2, 0.25) is 0 Å². The van der Waals surface area contributed by atoms with E-state index < -0.39 is 12.0 Å². The third kappa shape index (κ3) is 10.6. The van der Waals surface area contributed by atoms with Gasteiger partial charge in [0.15, 0.2) is 0 Å². The Morgan fingerprint density at radius 2 is 1.60 bits per heavy atom. The molecule has 50 heavy (non-hydrogen) atoms. The van der Waals surface area contributed by atoms with Crippen LogP contribution in [0.5, 0.6) is 0 Å². The van der Waals surface area contributed by atoms with Crippen molar-refractivity contribution in [1.82, 2.24) is 20.0 Å². The molecular weight excluding hydrogens is 623 g/mol. The van der Waals surface area contributed by atoms with Crippen molar-refractivity contribution in [3.63, 3.8) is 0 Å². The fourth-order valence-corrected chi connectivity index (χ4v) is 7.73. The van der Waals surface area contributed by atoms with Crippen molar-refractivity contribution in [3.05, 3.63) is 113 Å². The van der Waals surface area contributed by atoms with Crippen molar-refractivity contribution in [2.75, 3.05) is 26.7 Å². The van der Waals surface area contributed by atoms with Gasteiger partial charge in [-0.3, -0.25) is 9.48 Å². The number of nitrogens with one attached hydrogen (secondary N) is 1. The molecule has 2 aliphatic rings. The number of carboxylic acids is 1. The first-order valence-electron chi connectivity index (χ1n) is 18.8. The van der Waals surface area contributed by atoms with Crippen molar-refractivity contribution in [2.45, 2.75) is 97.6 Å². The monoisotopic (exact) mass is 682 g/mol. The van der Waals surface area contributed by atoms with Crippen LogP contribution < -0.4 is 5.32 Å². The number of hydrogen-bond acceptors (Lipinski definition) is 4. The molecule has 0 radical (unpaired) electrons. The van der Waals surface area contributed by atoms with E-state index in [2.05, 4.69) is 88.6 Å². The molecular formula is C43H59FN4O2. The van der Waals surface area contributed by atoms with Gasteiger partial charge in [-0.1, -0.05) is 101 Å². The van der Waals surface area contributed by atoms with Gasteiger partial charge in [0.1, 0.15) is 11.9 Å². The van der Waals surface area contributed by atoms with Gasteiger partial charge < -0.3 is 15.3 Å². The van der Waals surface area contributed by atoms with E-state index in [1.807, 2.05) is 33.8 Å². The Morgan fingerprint density at radius 1 is 0.920 bits per heavy atom. The van der Waals surface area contributed by atoms with Crippen LogP contribution in [0.2, 0.25) is 0 Å². The summed E-state index contributed by atoms with van der Waals surface area (Å²) in [5, 5.41) is 16.2. The van der Waals surface area contributed by atoms with E-state index >= 15 is 0 Å². The lowest BCUT2D eigenvalue weighted by Crippen LogP contribution is -2.38. The van der Waals surface area contributed by atoms with Gasteiger partial charge in [0.25, 0.3) is 0 Å². The fraction of sp³-hybridized carbons (Fsp3) is 0.488. The Labute approximate surface area is 300 Å². The van der Waals surface area contributed by atoms with Gasteiger partial charge in [-0.25, -0.2) is 4.39 Å². The van der Waals surface area contributed by atoms with Gasteiger partial charge in [-0.05, 0) is 111 Å². The first kappa shape index (κ1) is 39.0. The summed E-state index contributed by atoms with van der Waals surface area (Å²) in [6, 6.07) is 28.8. The third-order valence-electron chi connectivity index (χ3n) is 10.3. The molecule has 2 unspecified atom stereocenters. The number of carboxylic acid groups (broad SMARTS) is 1. The molecule has 2 heterocycles. The Balaban J connectivity index is 0.000000447. The lowest BCUT2D eigenvalue weighted by Gasteiger charge is -2.35. The molecule has 1 aliphatic heterocycles. The molecule has 1 saturated heterocycles. The van der Waals surface area contributed by atoms with Crippen LogP contribution >= 0.6 is 0 Å². The average molecular weight is 683 g/mol. The van der Waals surface area contributed by atoms with Crippen LogP contribution in [-0.2, 0) is 17.8 Å². The lowest BCUT2D eigenvalue weighted by molar-refractivity contribution is -0.140. The molecule has 4 aromatic rings. The normalized spacial score (nSPS) is 18.6. The molecule has 1 saturated carbocycles. The zero-order chi connectivity index (χ0) is 36.0. The molecule has 270 valence electrons. The zero-order valence-electron chi connectivity index (χ0n) is 31.1. The van der Waals surface area contributed by atoms with Crippen LogP contribution in [-0.4, -0.2) is 58.5 Å². The molecule has 2 fully saturated rings. The molecule has 0 spiro atoms. The van der Waals surface area contributed by atoms with Gasteiger partial charge in [-0.2, -0.15) is 5.10 Å². The number of carbonyl (C=O) groups is 1. The highest BCUT2D eigenvalue weighted by atomic mass is 19.1. The largest absolute Gasteiger partial charge is 0.480 e. The third-order valence-corrected chi connectivity index (χ3v) is 10.3. The SMILES string of the molecule is CC.CCn1nc(Cc2ccc(-c3ccccc3)cc2)cc1C1CCN(CC2CCC[C@@H]2c2cccc(F)c2)CC1.CNC(C(=O)O)C(C)C. The van der Waals surface area contributed by atoms with E-state index in [1.165, 1.54) is 65.7 Å². The van der Waals surface area contributed by atoms with Crippen LogP contribution in [0.1, 0.15) is 101 Å². The molecule has 2 N–H and O–H groups in total. The molecule has 3 atom stereocenters. The Kier molecular flexibility index (Phi) is 15.2. The smallest absolute Gasteiger partial charge is 0.320 e. The van der Waals surface area contributed by atoms with E-state index in [1.54, 1.807) is 19.2 Å². The van der Waals surface area contributed by atoms with E-state index in [9.17, 15) is 9.18 Å². The van der Waals surface area contributed by atoms with Crippen molar-refractivity contribution < 1.29 is 14.3 Å². The second kappa shape index (κ2) is 19.5. The van der Waals surface area contributed by atoms with Crippen LogP contribution in [0.4, 0.5) is 4.39 Å². The van der Waals surface area contributed by atoms with E-state index in [0.29, 0.717) is 17.8 Å². The average Bonchev–Trinajstić information content (AvgIpc) is 3.77. The second-order valence-corrected chi connectivity index (χ2v) is 13.9. The number of likely N-dealkylation sites (tertiary alicyclic amines) is 1. The van der Waals surface area contributed by atoms with Crippen molar-refractivity contribution in [1.29, 1.82) is 0 Å². The maximum absolute atomic E-state index is 13.9. The number of piperidine rings is 1. The number of aromatic nitrogens is 2. The summed E-state index contributed by atoms with van der Waals surface area (Å²) in [5.41, 5.74) is 7.59. The first-order chi connectivity index (χ1) is 24.2. The number of aryl methyl sites for hydroxylation is 1. The number of aliphatic carboxylic acids is 1. The summed E-state index contributed by atoms with van der Waals surface area (Å²) >= 11 is 0. The topological polar surface area (TPSA) is 70.4 Å². The minimum Gasteiger partial charge on any atom is -0.480 e. The van der Waals surface area contributed by atoms with Crippen molar-refractivity contribution >= 4 is 5.97 Å². The number of halogens is 1. The lowest BCUT2D eigenvalue weighted by atomic mass is 9.87. The second-order valence-electron chi connectivity index (χ2n) is 13.9. The quantitative estimate of drug-likeness (QED) is 0.165. The number of rotatable bonds is 11. The van der Waals surface area contributed by atoms with Crippen molar-refractivity contribution in [2.24, 2.45) is 11.8 Å². The van der Waals surface area contributed by atoms with Crippen molar-refractivity contribution in [3.8, 4) is 11.1 Å². The van der Waals surface area contributed by atoms with Crippen LogP contribution in [0.15, 0.2) is 84.9 Å². The summed E-state index contributed by atoms with van der Waals surface area (Å²) in [6.07, 6.45) is 6.97. The van der Waals surface area contributed by atoms with Gasteiger partial charge >= 0.3 is 5.97 Å². The molecule has 0 bridgehead atoms. The Bertz CT molecular complexity index is 1580. The molecule has 6 nitrogen and oxygen atoms in total. The first-order valence-corrected chi connectivity index (χ1v) is 18.8. The number of nitrogens with zero attached hydrogens (tertiary/aromatic N) is 3. The summed E-state index contributed by atoms with van der Waals surface area (Å²) in [7, 11) is 1.65. The molecule has 6 rings (SSSR count). The van der Waals surface area contributed by atoms with Crippen LogP contribution in [0, 0.1) is 17.7 Å². The van der Waals surface area contributed by atoms with Gasteiger partial charge in [0.05, 0.1) is 5.69 Å². The maximum atomic E-state index is 13.9. The molecule has 7 heteroatoms. The zero-order valence-corrected chi connectivity index (χ0v) is 31.1. The minimum absolute atomic E-state index is 0.102. The highest BCUT2D eigenvalue weighted by Gasteiger charge is 2.32. The molecule has 1 aliphatic carbocycles.